The fourth-order valence-corrected chi connectivity index (χ4v) is 5.86. The minimum atomic E-state index is -0.715. The number of dihydropyridines is 1. The van der Waals surface area contributed by atoms with Gasteiger partial charge in [0.2, 0.25) is 5.91 Å². The van der Waals surface area contributed by atoms with Crippen molar-refractivity contribution in [2.24, 2.45) is 0 Å². The molecule has 0 aromatic heterocycles. The Morgan fingerprint density at radius 3 is 2.40 bits per heavy atom. The molecule has 40 heavy (non-hydrogen) atoms. The van der Waals surface area contributed by atoms with E-state index in [1.807, 2.05) is 72.8 Å². The lowest BCUT2D eigenvalue weighted by atomic mass is 9.82. The molecule has 4 aromatic carbocycles. The summed E-state index contributed by atoms with van der Waals surface area (Å²) in [5.74, 6) is -1.21. The van der Waals surface area contributed by atoms with E-state index in [4.69, 9.17) is 11.6 Å². The number of carbonyl (C=O) groups is 2. The number of hydrogen-bond donors (Lipinski definition) is 3. The number of nitrogens with zero attached hydrogens (tertiary/aromatic N) is 1. The second-order valence-corrected chi connectivity index (χ2v) is 10.5. The number of nitrogens with one attached hydrogen (secondary N) is 3. The van der Waals surface area contributed by atoms with Crippen molar-refractivity contribution in [3.8, 4) is 6.07 Å². The molecule has 0 aliphatic carbocycles. The van der Waals surface area contributed by atoms with Gasteiger partial charge in [0.05, 0.1) is 28.3 Å². The maximum absolute atomic E-state index is 13.6. The molecule has 1 aliphatic rings. The van der Waals surface area contributed by atoms with Crippen molar-refractivity contribution < 1.29 is 9.59 Å². The third kappa shape index (κ3) is 5.74. The highest BCUT2D eigenvalue weighted by Crippen LogP contribution is 2.43. The Hall–Kier alpha value is -4.51. The highest BCUT2D eigenvalue weighted by atomic mass is 35.5. The number of benzene rings is 4. The molecule has 1 aliphatic heterocycles. The molecule has 0 saturated carbocycles. The summed E-state index contributed by atoms with van der Waals surface area (Å²) in [6.45, 7) is 1.79. The molecule has 0 bridgehead atoms. The molecular weight excluding hydrogens is 540 g/mol. The van der Waals surface area contributed by atoms with Gasteiger partial charge in [-0.2, -0.15) is 5.26 Å². The van der Waals surface area contributed by atoms with Gasteiger partial charge in [0.1, 0.15) is 0 Å². The first kappa shape index (κ1) is 27.1. The first-order chi connectivity index (χ1) is 19.5. The van der Waals surface area contributed by atoms with Crippen molar-refractivity contribution in [3.63, 3.8) is 0 Å². The van der Waals surface area contributed by atoms with E-state index in [0.29, 0.717) is 38.1 Å². The Bertz CT molecular complexity index is 1700. The van der Waals surface area contributed by atoms with Crippen LogP contribution in [-0.2, 0) is 9.59 Å². The topological polar surface area (TPSA) is 94.0 Å². The van der Waals surface area contributed by atoms with Crippen LogP contribution in [0, 0.1) is 11.3 Å². The smallest absolute Gasteiger partial charge is 0.254 e. The molecule has 0 spiro atoms. The van der Waals surface area contributed by atoms with Crippen LogP contribution in [0.25, 0.3) is 10.8 Å². The van der Waals surface area contributed by atoms with Crippen molar-refractivity contribution in [2.75, 3.05) is 16.4 Å². The lowest BCUT2D eigenvalue weighted by molar-refractivity contribution is -0.114. The average molecular weight is 565 g/mol. The number of allylic oxidation sites excluding steroid dienone is 2. The number of fused-ring (bicyclic) bond motifs is 1. The molecule has 1 atom stereocenters. The quantitative estimate of drug-likeness (QED) is 0.221. The summed E-state index contributed by atoms with van der Waals surface area (Å²) in [4.78, 5) is 26.6. The molecule has 0 radical (unpaired) electrons. The minimum Gasteiger partial charge on any atom is -0.353 e. The fraction of sp³-hybridized carbons (Fsp3) is 0.0938. The molecule has 2 amide bonds. The van der Waals surface area contributed by atoms with Gasteiger partial charge in [0.15, 0.2) is 0 Å². The van der Waals surface area contributed by atoms with Crippen LogP contribution in [0.2, 0.25) is 5.02 Å². The Kier molecular flexibility index (Phi) is 8.20. The third-order valence-electron chi connectivity index (χ3n) is 6.55. The number of para-hydroxylation sites is 1. The van der Waals surface area contributed by atoms with Gasteiger partial charge in [-0.15, -0.1) is 0 Å². The molecular formula is C32H25ClN4O2S. The summed E-state index contributed by atoms with van der Waals surface area (Å²) in [6, 6.07) is 32.2. The van der Waals surface area contributed by atoms with Crippen LogP contribution < -0.4 is 16.0 Å². The third-order valence-corrected chi connectivity index (χ3v) is 7.91. The van der Waals surface area contributed by atoms with Gasteiger partial charge >= 0.3 is 0 Å². The Balaban J connectivity index is 1.43. The molecule has 0 fully saturated rings. The van der Waals surface area contributed by atoms with Gasteiger partial charge in [-0.1, -0.05) is 96.2 Å². The van der Waals surface area contributed by atoms with Crippen molar-refractivity contribution in [2.45, 2.75) is 12.8 Å². The number of carbonyl (C=O) groups excluding carboxylic acids is 2. The molecule has 198 valence electrons. The maximum atomic E-state index is 13.6. The Morgan fingerprint density at radius 1 is 0.925 bits per heavy atom. The number of anilines is 2. The van der Waals surface area contributed by atoms with E-state index < -0.39 is 5.92 Å². The summed E-state index contributed by atoms with van der Waals surface area (Å²) < 4.78 is 0. The predicted molar refractivity (Wildman–Crippen MR) is 163 cm³/mol. The average Bonchev–Trinajstić information content (AvgIpc) is 2.96. The van der Waals surface area contributed by atoms with Crippen LogP contribution in [-0.4, -0.2) is 17.6 Å². The maximum Gasteiger partial charge on any atom is 0.254 e. The predicted octanol–water partition coefficient (Wildman–Crippen LogP) is 7.20. The van der Waals surface area contributed by atoms with Gasteiger partial charge < -0.3 is 16.0 Å². The van der Waals surface area contributed by atoms with E-state index >= 15 is 0 Å². The van der Waals surface area contributed by atoms with Crippen molar-refractivity contribution >= 4 is 57.3 Å². The van der Waals surface area contributed by atoms with E-state index in [0.717, 1.165) is 16.5 Å². The molecule has 6 nitrogen and oxygen atoms in total. The zero-order chi connectivity index (χ0) is 28.1. The molecule has 4 aromatic rings. The fourth-order valence-electron chi connectivity index (χ4n) is 4.73. The first-order valence-electron chi connectivity index (χ1n) is 12.6. The van der Waals surface area contributed by atoms with Gasteiger partial charge in [-0.3, -0.25) is 9.59 Å². The van der Waals surface area contributed by atoms with Crippen LogP contribution in [0.15, 0.2) is 119 Å². The second kappa shape index (κ2) is 12.1. The van der Waals surface area contributed by atoms with Crippen LogP contribution in [0.5, 0.6) is 0 Å². The minimum absolute atomic E-state index is 0.0603. The summed E-state index contributed by atoms with van der Waals surface area (Å²) in [7, 11) is 0. The highest BCUT2D eigenvalue weighted by Gasteiger charge is 2.36. The number of thioether (sulfide) groups is 1. The zero-order valence-corrected chi connectivity index (χ0v) is 23.1. The number of rotatable bonds is 7. The summed E-state index contributed by atoms with van der Waals surface area (Å²) in [5, 5.41) is 22.4. The summed E-state index contributed by atoms with van der Waals surface area (Å²) >= 11 is 7.81. The highest BCUT2D eigenvalue weighted by molar-refractivity contribution is 8.03. The van der Waals surface area contributed by atoms with Crippen molar-refractivity contribution in [1.82, 2.24) is 5.32 Å². The van der Waals surface area contributed by atoms with Crippen LogP contribution in [0.1, 0.15) is 18.4 Å². The van der Waals surface area contributed by atoms with Crippen molar-refractivity contribution in [1.29, 1.82) is 5.26 Å². The Morgan fingerprint density at radius 2 is 1.62 bits per heavy atom. The number of amides is 2. The molecule has 1 unspecified atom stereocenters. The lowest BCUT2D eigenvalue weighted by Crippen LogP contribution is -2.31. The first-order valence-corrected chi connectivity index (χ1v) is 14.0. The number of halogens is 1. The standard InChI is InChI=1S/C32H25ClN4O2S/c1-20-29(31(39)36-22-12-3-2-4-13-22)30(24-15-7-8-16-26(24)33)25(18-34)32(35-20)40-19-28(38)37-27-17-9-11-21-10-5-6-14-23(21)27/h2-17,30,35H,19H2,1H3,(H,36,39)(H,37,38). The monoisotopic (exact) mass is 564 g/mol. The zero-order valence-electron chi connectivity index (χ0n) is 21.6. The van der Waals surface area contributed by atoms with Crippen LogP contribution in [0.3, 0.4) is 0 Å². The second-order valence-electron chi connectivity index (χ2n) is 9.16. The number of hydrogen-bond acceptors (Lipinski definition) is 5. The molecule has 8 heteroatoms. The summed E-state index contributed by atoms with van der Waals surface area (Å²) in [6.07, 6.45) is 0. The van der Waals surface area contributed by atoms with Crippen LogP contribution >= 0.6 is 23.4 Å². The molecule has 0 saturated heterocycles. The number of nitriles is 1. The van der Waals surface area contributed by atoms with Crippen LogP contribution in [0.4, 0.5) is 11.4 Å². The normalized spacial score (nSPS) is 14.9. The van der Waals surface area contributed by atoms with E-state index in [1.165, 1.54) is 11.8 Å². The van der Waals surface area contributed by atoms with E-state index in [9.17, 15) is 14.9 Å². The molecule has 5 rings (SSSR count). The van der Waals surface area contributed by atoms with Gasteiger partial charge in [0.25, 0.3) is 5.91 Å². The van der Waals surface area contributed by atoms with E-state index in [2.05, 4.69) is 22.0 Å². The SMILES string of the molecule is CC1=C(C(=O)Nc2ccccc2)C(c2ccccc2Cl)C(C#N)=C(SCC(=O)Nc2cccc3ccccc23)N1. The molecule has 3 N–H and O–H groups in total. The summed E-state index contributed by atoms with van der Waals surface area (Å²) in [5.41, 5.74) is 3.28. The lowest BCUT2D eigenvalue weighted by Gasteiger charge is -2.30. The van der Waals surface area contributed by atoms with Crippen molar-refractivity contribution in [3.05, 3.63) is 130 Å². The van der Waals surface area contributed by atoms with E-state index in [1.54, 1.807) is 31.2 Å². The van der Waals surface area contributed by atoms with Gasteiger partial charge in [-0.05, 0) is 42.1 Å². The molecule has 1 heterocycles. The van der Waals surface area contributed by atoms with Gasteiger partial charge in [-0.25, -0.2) is 0 Å². The van der Waals surface area contributed by atoms with E-state index in [-0.39, 0.29) is 17.6 Å². The van der Waals surface area contributed by atoms with Gasteiger partial charge in [0, 0.05) is 33.1 Å². The largest absolute Gasteiger partial charge is 0.353 e. The Labute approximate surface area is 241 Å².